The first-order valence-electron chi connectivity index (χ1n) is 7.18. The van der Waals surface area contributed by atoms with Crippen LogP contribution in [0.15, 0.2) is 29.4 Å². The Labute approximate surface area is 138 Å². The zero-order valence-corrected chi connectivity index (χ0v) is 13.9. The molecule has 0 spiro atoms. The highest BCUT2D eigenvalue weighted by Crippen LogP contribution is 2.34. The van der Waals surface area contributed by atoms with E-state index >= 15 is 0 Å². The largest absolute Gasteiger partial charge is 0.396 e. The van der Waals surface area contributed by atoms with E-state index < -0.39 is 0 Å². The average molecular weight is 340 g/mol. The molecule has 1 aromatic carbocycles. The third-order valence-electron chi connectivity index (χ3n) is 3.78. The summed E-state index contributed by atoms with van der Waals surface area (Å²) in [5.41, 5.74) is 0.823. The first kappa shape index (κ1) is 15.8. The summed E-state index contributed by atoms with van der Waals surface area (Å²) < 4.78 is 7.30. The second-order valence-corrected chi connectivity index (χ2v) is 6.88. The maximum atomic E-state index is 9.50. The summed E-state index contributed by atoms with van der Waals surface area (Å²) in [4.78, 5) is 0. The van der Waals surface area contributed by atoms with Gasteiger partial charge in [0.05, 0.1) is 19.8 Å². The first-order valence-corrected chi connectivity index (χ1v) is 8.54. The molecule has 0 aliphatic carbocycles. The Morgan fingerprint density at radius 1 is 1.41 bits per heavy atom. The van der Waals surface area contributed by atoms with Gasteiger partial charge < -0.3 is 14.4 Å². The Morgan fingerprint density at radius 3 is 2.82 bits per heavy atom. The summed E-state index contributed by atoms with van der Waals surface area (Å²) in [6, 6.07) is 7.62. The summed E-state index contributed by atoms with van der Waals surface area (Å²) in [6.45, 7) is 4.20. The van der Waals surface area contributed by atoms with Gasteiger partial charge >= 0.3 is 0 Å². The molecule has 1 saturated heterocycles. The van der Waals surface area contributed by atoms with Gasteiger partial charge in [-0.15, -0.1) is 10.2 Å². The molecule has 0 radical (unpaired) electrons. The molecule has 7 heteroatoms. The van der Waals surface area contributed by atoms with Crippen molar-refractivity contribution in [3.05, 3.63) is 29.3 Å². The van der Waals surface area contributed by atoms with E-state index in [-0.39, 0.29) is 12.0 Å². The van der Waals surface area contributed by atoms with Gasteiger partial charge in [0, 0.05) is 28.3 Å². The van der Waals surface area contributed by atoms with Gasteiger partial charge in [-0.25, -0.2) is 0 Å². The van der Waals surface area contributed by atoms with E-state index in [4.69, 9.17) is 16.3 Å². The number of ether oxygens (including phenoxy) is 1. The topological polar surface area (TPSA) is 60.2 Å². The van der Waals surface area contributed by atoms with Crippen molar-refractivity contribution in [1.29, 1.82) is 0 Å². The Morgan fingerprint density at radius 2 is 2.23 bits per heavy atom. The molecule has 0 unspecified atom stereocenters. The molecule has 0 bridgehead atoms. The van der Waals surface area contributed by atoms with E-state index in [9.17, 15) is 5.11 Å². The first-order chi connectivity index (χ1) is 10.7. The minimum absolute atomic E-state index is 0.134. The van der Waals surface area contributed by atoms with Crippen LogP contribution in [-0.4, -0.2) is 45.4 Å². The molecular formula is C15H18ClN3O2S. The number of thioether (sulfide) groups is 1. The Kier molecular flexibility index (Phi) is 4.73. The van der Waals surface area contributed by atoms with E-state index in [0.717, 1.165) is 28.8 Å². The number of aliphatic hydroxyl groups excluding tert-OH is 1. The normalized spacial score (nSPS) is 16.5. The lowest BCUT2D eigenvalue weighted by atomic mass is 9.90. The van der Waals surface area contributed by atoms with Crippen LogP contribution in [0.25, 0.3) is 11.4 Å². The van der Waals surface area contributed by atoms with Crippen LogP contribution in [0.3, 0.4) is 0 Å². The van der Waals surface area contributed by atoms with Crippen molar-refractivity contribution >= 4 is 23.4 Å². The molecule has 0 amide bonds. The van der Waals surface area contributed by atoms with Gasteiger partial charge in [-0.2, -0.15) is 0 Å². The molecular weight excluding hydrogens is 322 g/mol. The minimum Gasteiger partial charge on any atom is -0.396 e. The Bertz CT molecular complexity index is 652. The monoisotopic (exact) mass is 339 g/mol. The predicted octanol–water partition coefficient (Wildman–Crippen LogP) is 2.72. The fraction of sp³-hybridized carbons (Fsp3) is 0.467. The van der Waals surface area contributed by atoms with Crippen LogP contribution in [0.1, 0.15) is 6.92 Å². The molecule has 0 saturated carbocycles. The molecule has 3 rings (SSSR count). The van der Waals surface area contributed by atoms with E-state index in [1.165, 1.54) is 0 Å². The highest BCUT2D eigenvalue weighted by molar-refractivity contribution is 7.99. The lowest BCUT2D eigenvalue weighted by molar-refractivity contribution is -0.121. The van der Waals surface area contributed by atoms with Crippen molar-refractivity contribution in [1.82, 2.24) is 14.8 Å². The number of nitrogens with zero attached hydrogens (tertiary/aromatic N) is 3. The fourth-order valence-electron chi connectivity index (χ4n) is 2.35. The van der Waals surface area contributed by atoms with E-state index in [0.29, 0.717) is 18.2 Å². The Hall–Kier alpha value is -1.08. The maximum absolute atomic E-state index is 9.50. The second kappa shape index (κ2) is 6.58. The number of aliphatic hydroxyl groups is 1. The third kappa shape index (κ3) is 3.01. The highest BCUT2D eigenvalue weighted by atomic mass is 35.5. The van der Waals surface area contributed by atoms with E-state index in [1.807, 2.05) is 24.3 Å². The molecule has 0 atom stereocenters. The van der Waals surface area contributed by atoms with Gasteiger partial charge in [0.15, 0.2) is 11.0 Å². The van der Waals surface area contributed by atoms with Crippen molar-refractivity contribution in [2.45, 2.75) is 18.6 Å². The van der Waals surface area contributed by atoms with Crippen molar-refractivity contribution in [2.24, 2.45) is 5.41 Å². The fourth-order valence-corrected chi connectivity index (χ4v) is 3.70. The molecule has 2 aromatic rings. The maximum Gasteiger partial charge on any atom is 0.191 e. The average Bonchev–Trinajstić information content (AvgIpc) is 2.89. The van der Waals surface area contributed by atoms with Gasteiger partial charge in [-0.1, -0.05) is 35.5 Å². The number of benzene rings is 1. The third-order valence-corrected chi connectivity index (χ3v) is 5.33. The van der Waals surface area contributed by atoms with Crippen LogP contribution in [0.5, 0.6) is 0 Å². The van der Waals surface area contributed by atoms with Crippen LogP contribution in [0.2, 0.25) is 5.02 Å². The van der Waals surface area contributed by atoms with Gasteiger partial charge in [0.2, 0.25) is 0 Å². The molecule has 22 heavy (non-hydrogen) atoms. The number of halogens is 1. The van der Waals surface area contributed by atoms with E-state index in [2.05, 4.69) is 21.7 Å². The number of rotatable bonds is 6. The lowest BCUT2D eigenvalue weighted by Gasteiger charge is -2.39. The summed E-state index contributed by atoms with van der Waals surface area (Å²) in [7, 11) is 0. The standard InChI is InChI=1S/C15H18ClN3O2S/c1-2-19-13(11-4-3-5-12(16)6-11)17-18-14(19)22-10-15(7-20)8-21-9-15/h3-6,20H,2,7-10H2,1H3. The predicted molar refractivity (Wildman–Crippen MR) is 87.2 cm³/mol. The molecule has 118 valence electrons. The molecule has 1 aliphatic heterocycles. The van der Waals surface area contributed by atoms with Crippen LogP contribution in [0, 0.1) is 5.41 Å². The summed E-state index contributed by atoms with van der Waals surface area (Å²) >= 11 is 7.67. The zero-order valence-electron chi connectivity index (χ0n) is 12.3. The van der Waals surface area contributed by atoms with Crippen LogP contribution in [0.4, 0.5) is 0 Å². The summed E-state index contributed by atoms with van der Waals surface area (Å²) in [5, 5.41) is 19.7. The second-order valence-electron chi connectivity index (χ2n) is 5.50. The van der Waals surface area contributed by atoms with Crippen molar-refractivity contribution in [3.8, 4) is 11.4 Å². The molecule has 5 nitrogen and oxygen atoms in total. The zero-order chi connectivity index (χ0) is 15.6. The van der Waals surface area contributed by atoms with Crippen LogP contribution in [-0.2, 0) is 11.3 Å². The van der Waals surface area contributed by atoms with Gasteiger partial charge in [-0.3, -0.25) is 0 Å². The van der Waals surface area contributed by atoms with Crippen molar-refractivity contribution < 1.29 is 9.84 Å². The van der Waals surface area contributed by atoms with Crippen molar-refractivity contribution in [3.63, 3.8) is 0 Å². The smallest absolute Gasteiger partial charge is 0.191 e. The Balaban J connectivity index is 1.81. The molecule has 1 N–H and O–H groups in total. The van der Waals surface area contributed by atoms with E-state index in [1.54, 1.807) is 11.8 Å². The van der Waals surface area contributed by atoms with Crippen LogP contribution >= 0.6 is 23.4 Å². The molecule has 1 aliphatic rings. The lowest BCUT2D eigenvalue weighted by Crippen LogP contribution is -2.47. The SMILES string of the molecule is CCn1c(SCC2(CO)COC2)nnc1-c1cccc(Cl)c1. The molecule has 1 aromatic heterocycles. The quantitative estimate of drug-likeness (QED) is 0.820. The van der Waals surface area contributed by atoms with Crippen molar-refractivity contribution in [2.75, 3.05) is 25.6 Å². The van der Waals surface area contributed by atoms with Gasteiger partial charge in [-0.05, 0) is 19.1 Å². The summed E-state index contributed by atoms with van der Waals surface area (Å²) in [6.07, 6.45) is 0. The van der Waals surface area contributed by atoms with Gasteiger partial charge in [0.25, 0.3) is 0 Å². The van der Waals surface area contributed by atoms with Crippen LogP contribution < -0.4 is 0 Å². The number of aromatic nitrogens is 3. The number of hydrogen-bond acceptors (Lipinski definition) is 5. The van der Waals surface area contributed by atoms with Gasteiger partial charge in [0.1, 0.15) is 0 Å². The minimum atomic E-state index is -0.134. The summed E-state index contributed by atoms with van der Waals surface area (Å²) in [5.74, 6) is 1.59. The molecule has 1 fully saturated rings. The number of hydrogen-bond donors (Lipinski definition) is 1. The highest BCUT2D eigenvalue weighted by Gasteiger charge is 2.38. The molecule has 2 heterocycles.